The van der Waals surface area contributed by atoms with Crippen molar-refractivity contribution >= 4 is 5.91 Å². The largest absolute Gasteiger partial charge is 0.352 e. The standard InChI is InChI=1S/C15H20FNO/c1-15(7-2-3-8-15)9-10-17-14(18)12-5-4-6-13(16)11-12/h4-6,11H,2-3,7-10H2,1H3,(H,17,18). The number of carbonyl (C=O) groups is 1. The van der Waals surface area contributed by atoms with Crippen LogP contribution >= 0.6 is 0 Å². The Morgan fingerprint density at radius 2 is 2.11 bits per heavy atom. The van der Waals surface area contributed by atoms with Crippen LogP contribution in [0.3, 0.4) is 0 Å². The molecule has 2 nitrogen and oxygen atoms in total. The molecule has 0 aliphatic heterocycles. The van der Waals surface area contributed by atoms with Crippen LogP contribution in [0.4, 0.5) is 4.39 Å². The number of hydrogen-bond donors (Lipinski definition) is 1. The minimum atomic E-state index is -0.370. The van der Waals surface area contributed by atoms with Gasteiger partial charge in [0.1, 0.15) is 5.82 Å². The molecule has 0 spiro atoms. The van der Waals surface area contributed by atoms with Crippen molar-refractivity contribution in [2.24, 2.45) is 5.41 Å². The highest BCUT2D eigenvalue weighted by Gasteiger charge is 2.27. The molecule has 1 saturated carbocycles. The zero-order valence-electron chi connectivity index (χ0n) is 10.8. The van der Waals surface area contributed by atoms with Gasteiger partial charge in [-0.05, 0) is 42.9 Å². The lowest BCUT2D eigenvalue weighted by atomic mass is 9.85. The number of benzene rings is 1. The van der Waals surface area contributed by atoms with E-state index < -0.39 is 0 Å². The number of hydrogen-bond acceptors (Lipinski definition) is 1. The van der Waals surface area contributed by atoms with Gasteiger partial charge in [0.15, 0.2) is 0 Å². The molecule has 1 aliphatic carbocycles. The van der Waals surface area contributed by atoms with E-state index in [1.54, 1.807) is 12.1 Å². The minimum Gasteiger partial charge on any atom is -0.352 e. The summed E-state index contributed by atoms with van der Waals surface area (Å²) in [4.78, 5) is 11.8. The molecule has 0 heterocycles. The number of carbonyl (C=O) groups excluding carboxylic acids is 1. The lowest BCUT2D eigenvalue weighted by molar-refractivity contribution is 0.0947. The quantitative estimate of drug-likeness (QED) is 0.869. The molecule has 0 saturated heterocycles. The van der Waals surface area contributed by atoms with Gasteiger partial charge in [-0.25, -0.2) is 4.39 Å². The summed E-state index contributed by atoms with van der Waals surface area (Å²) in [6, 6.07) is 5.81. The van der Waals surface area contributed by atoms with Gasteiger partial charge in [0.05, 0.1) is 0 Å². The summed E-state index contributed by atoms with van der Waals surface area (Å²) in [5, 5.41) is 2.87. The van der Waals surface area contributed by atoms with E-state index in [9.17, 15) is 9.18 Å². The SMILES string of the molecule is CC1(CCNC(=O)c2cccc(F)c2)CCCC1. The van der Waals surface area contributed by atoms with E-state index >= 15 is 0 Å². The molecule has 1 amide bonds. The molecular weight excluding hydrogens is 229 g/mol. The van der Waals surface area contributed by atoms with Gasteiger partial charge in [-0.1, -0.05) is 25.8 Å². The van der Waals surface area contributed by atoms with Gasteiger partial charge >= 0.3 is 0 Å². The first-order valence-corrected chi connectivity index (χ1v) is 6.63. The molecule has 1 fully saturated rings. The Morgan fingerprint density at radius 3 is 2.78 bits per heavy atom. The third-order valence-corrected chi connectivity index (χ3v) is 3.91. The van der Waals surface area contributed by atoms with Crippen molar-refractivity contribution in [2.75, 3.05) is 6.54 Å². The fraction of sp³-hybridized carbons (Fsp3) is 0.533. The Bertz CT molecular complexity index is 424. The van der Waals surface area contributed by atoms with Crippen molar-refractivity contribution in [3.05, 3.63) is 35.6 Å². The fourth-order valence-electron chi connectivity index (χ4n) is 2.69. The molecule has 0 aromatic heterocycles. The van der Waals surface area contributed by atoms with Crippen molar-refractivity contribution in [1.29, 1.82) is 0 Å². The van der Waals surface area contributed by atoms with Crippen LogP contribution in [0.2, 0.25) is 0 Å². The first kappa shape index (κ1) is 13.1. The Morgan fingerprint density at radius 1 is 1.39 bits per heavy atom. The first-order valence-electron chi connectivity index (χ1n) is 6.63. The summed E-state index contributed by atoms with van der Waals surface area (Å²) >= 11 is 0. The molecule has 0 unspecified atom stereocenters. The van der Waals surface area contributed by atoms with E-state index in [1.165, 1.54) is 37.8 Å². The molecule has 18 heavy (non-hydrogen) atoms. The Labute approximate surface area is 108 Å². The van der Waals surface area contributed by atoms with Crippen molar-refractivity contribution in [3.8, 4) is 0 Å². The second-order valence-electron chi connectivity index (χ2n) is 5.53. The molecule has 98 valence electrons. The van der Waals surface area contributed by atoms with Crippen molar-refractivity contribution in [1.82, 2.24) is 5.32 Å². The van der Waals surface area contributed by atoms with Crippen LogP contribution in [0.5, 0.6) is 0 Å². The molecule has 1 N–H and O–H groups in total. The third-order valence-electron chi connectivity index (χ3n) is 3.91. The van der Waals surface area contributed by atoms with Gasteiger partial charge in [0.2, 0.25) is 0 Å². The monoisotopic (exact) mass is 249 g/mol. The minimum absolute atomic E-state index is 0.184. The van der Waals surface area contributed by atoms with Crippen LogP contribution < -0.4 is 5.32 Å². The van der Waals surface area contributed by atoms with Gasteiger partial charge in [-0.15, -0.1) is 0 Å². The average Bonchev–Trinajstić information content (AvgIpc) is 2.76. The maximum Gasteiger partial charge on any atom is 0.251 e. The fourth-order valence-corrected chi connectivity index (χ4v) is 2.69. The molecule has 1 aromatic carbocycles. The summed E-state index contributed by atoms with van der Waals surface area (Å²) in [7, 11) is 0. The molecule has 3 heteroatoms. The normalized spacial score (nSPS) is 17.7. The second kappa shape index (κ2) is 5.51. The van der Waals surface area contributed by atoms with E-state index in [2.05, 4.69) is 12.2 Å². The van der Waals surface area contributed by atoms with E-state index in [4.69, 9.17) is 0 Å². The predicted octanol–water partition coefficient (Wildman–Crippen LogP) is 3.53. The van der Waals surface area contributed by atoms with E-state index in [-0.39, 0.29) is 11.7 Å². The van der Waals surface area contributed by atoms with Crippen LogP contribution in [-0.2, 0) is 0 Å². The molecular formula is C15H20FNO. The summed E-state index contributed by atoms with van der Waals surface area (Å²) < 4.78 is 13.0. The molecule has 0 radical (unpaired) electrons. The Hall–Kier alpha value is -1.38. The summed E-state index contributed by atoms with van der Waals surface area (Å²) in [6.45, 7) is 2.96. The molecule has 0 bridgehead atoms. The number of halogens is 1. The van der Waals surface area contributed by atoms with Crippen molar-refractivity contribution in [3.63, 3.8) is 0 Å². The number of rotatable bonds is 4. The highest BCUT2D eigenvalue weighted by molar-refractivity contribution is 5.94. The highest BCUT2D eigenvalue weighted by Crippen LogP contribution is 2.39. The Kier molecular flexibility index (Phi) is 4.00. The molecule has 1 aromatic rings. The summed E-state index contributed by atoms with van der Waals surface area (Å²) in [5.74, 6) is -0.554. The van der Waals surface area contributed by atoms with Crippen molar-refractivity contribution in [2.45, 2.75) is 39.0 Å². The van der Waals surface area contributed by atoms with E-state index in [0.29, 0.717) is 17.5 Å². The highest BCUT2D eigenvalue weighted by atomic mass is 19.1. The topological polar surface area (TPSA) is 29.1 Å². The van der Waals surface area contributed by atoms with E-state index in [1.807, 2.05) is 0 Å². The van der Waals surface area contributed by atoms with E-state index in [0.717, 1.165) is 6.42 Å². The first-order chi connectivity index (χ1) is 8.59. The lowest BCUT2D eigenvalue weighted by Gasteiger charge is -2.23. The zero-order valence-corrected chi connectivity index (χ0v) is 10.8. The van der Waals surface area contributed by atoms with Gasteiger partial charge in [-0.3, -0.25) is 4.79 Å². The predicted molar refractivity (Wildman–Crippen MR) is 69.9 cm³/mol. The van der Waals surface area contributed by atoms with Crippen LogP contribution in [-0.4, -0.2) is 12.5 Å². The maximum atomic E-state index is 13.0. The molecule has 1 aliphatic rings. The summed E-state index contributed by atoms with van der Waals surface area (Å²) in [6.07, 6.45) is 6.11. The summed E-state index contributed by atoms with van der Waals surface area (Å²) in [5.41, 5.74) is 0.779. The maximum absolute atomic E-state index is 13.0. The van der Waals surface area contributed by atoms with Crippen LogP contribution in [0.25, 0.3) is 0 Å². The van der Waals surface area contributed by atoms with Gasteiger partial charge in [-0.2, -0.15) is 0 Å². The zero-order chi connectivity index (χ0) is 13.0. The lowest BCUT2D eigenvalue weighted by Crippen LogP contribution is -2.28. The molecule has 2 rings (SSSR count). The third kappa shape index (κ3) is 3.31. The average molecular weight is 249 g/mol. The van der Waals surface area contributed by atoms with Crippen LogP contribution in [0, 0.1) is 11.2 Å². The smallest absolute Gasteiger partial charge is 0.251 e. The molecule has 0 atom stereocenters. The Balaban J connectivity index is 1.81. The van der Waals surface area contributed by atoms with Crippen LogP contribution in [0.1, 0.15) is 49.4 Å². The number of amides is 1. The second-order valence-corrected chi connectivity index (χ2v) is 5.53. The number of nitrogens with one attached hydrogen (secondary N) is 1. The van der Waals surface area contributed by atoms with Crippen LogP contribution in [0.15, 0.2) is 24.3 Å². The van der Waals surface area contributed by atoms with Gasteiger partial charge in [0.25, 0.3) is 5.91 Å². The van der Waals surface area contributed by atoms with Gasteiger partial charge < -0.3 is 5.32 Å². The van der Waals surface area contributed by atoms with Gasteiger partial charge in [0, 0.05) is 12.1 Å². The van der Waals surface area contributed by atoms with Crippen molar-refractivity contribution < 1.29 is 9.18 Å².